The van der Waals surface area contributed by atoms with Crippen LogP contribution in [-0.4, -0.2) is 43.3 Å². The Balaban J connectivity index is 1.30. The molecule has 10 nitrogen and oxygen atoms in total. The molecule has 1 aromatic carbocycles. The predicted octanol–water partition coefficient (Wildman–Crippen LogP) is 1.43. The average molecular weight is 417 g/mol. The quantitative estimate of drug-likeness (QED) is 0.310. The number of nitrogens with one attached hydrogen (secondary N) is 3. The van der Waals surface area contributed by atoms with E-state index in [1.165, 1.54) is 0 Å². The number of fused-ring (bicyclic) bond motifs is 1. The summed E-state index contributed by atoms with van der Waals surface area (Å²) in [5.41, 5.74) is 2.54. The van der Waals surface area contributed by atoms with Crippen LogP contribution < -0.4 is 16.0 Å². The highest BCUT2D eigenvalue weighted by molar-refractivity contribution is 5.90. The first kappa shape index (κ1) is 20.1. The number of carbonyl (C=O) groups is 1. The summed E-state index contributed by atoms with van der Waals surface area (Å²) in [5.74, 6) is 1.30. The molecule has 31 heavy (non-hydrogen) atoms. The van der Waals surface area contributed by atoms with Crippen molar-refractivity contribution >= 4 is 23.2 Å². The first-order valence-corrected chi connectivity index (χ1v) is 9.80. The van der Waals surface area contributed by atoms with E-state index in [9.17, 15) is 4.79 Å². The zero-order chi connectivity index (χ0) is 21.5. The van der Waals surface area contributed by atoms with Crippen LogP contribution in [0.1, 0.15) is 11.4 Å². The predicted molar refractivity (Wildman–Crippen MR) is 117 cm³/mol. The molecule has 0 fully saturated rings. The van der Waals surface area contributed by atoms with Gasteiger partial charge in [-0.1, -0.05) is 18.2 Å². The highest BCUT2D eigenvalue weighted by atomic mass is 16.2. The number of rotatable bonds is 7. The summed E-state index contributed by atoms with van der Waals surface area (Å²) in [6.07, 6.45) is 5.32. The highest BCUT2D eigenvalue weighted by Crippen LogP contribution is 2.11. The van der Waals surface area contributed by atoms with Crippen LogP contribution in [0.5, 0.6) is 0 Å². The number of amides is 1. The summed E-state index contributed by atoms with van der Waals surface area (Å²) < 4.78 is 3.50. The molecule has 0 aliphatic rings. The van der Waals surface area contributed by atoms with Crippen LogP contribution in [0.15, 0.2) is 72.1 Å². The molecule has 1 amide bonds. The van der Waals surface area contributed by atoms with Gasteiger partial charge in [0.1, 0.15) is 6.54 Å². The first-order valence-electron chi connectivity index (χ1n) is 9.80. The van der Waals surface area contributed by atoms with Gasteiger partial charge in [0.05, 0.1) is 6.54 Å². The number of nitrogens with zero attached hydrogens (tertiary/aromatic N) is 6. The Bertz CT molecular complexity index is 1180. The number of hydrogen-bond acceptors (Lipinski definition) is 5. The molecular weight excluding hydrogens is 394 g/mol. The summed E-state index contributed by atoms with van der Waals surface area (Å²) in [6, 6.07) is 15.2. The Morgan fingerprint density at radius 2 is 1.94 bits per heavy atom. The molecule has 0 saturated carbocycles. The smallest absolute Gasteiger partial charge is 0.246 e. The van der Waals surface area contributed by atoms with Crippen LogP contribution in [0.3, 0.4) is 0 Å². The van der Waals surface area contributed by atoms with Crippen molar-refractivity contribution in [1.29, 1.82) is 0 Å². The molecule has 0 spiro atoms. The molecule has 4 rings (SSSR count). The van der Waals surface area contributed by atoms with E-state index in [-0.39, 0.29) is 12.5 Å². The fourth-order valence-electron chi connectivity index (χ4n) is 3.08. The Kier molecular flexibility index (Phi) is 6.17. The maximum Gasteiger partial charge on any atom is 0.246 e. The van der Waals surface area contributed by atoms with Crippen LogP contribution in [0, 0.1) is 0 Å². The Labute approximate surface area is 179 Å². The maximum absolute atomic E-state index is 12.2. The minimum atomic E-state index is -0.133. The fourth-order valence-corrected chi connectivity index (χ4v) is 3.08. The van der Waals surface area contributed by atoms with Gasteiger partial charge in [-0.15, -0.1) is 10.2 Å². The van der Waals surface area contributed by atoms with E-state index < -0.39 is 0 Å². The average Bonchev–Trinajstić information content (AvgIpc) is 3.44. The number of hydrogen-bond donors (Lipinski definition) is 3. The van der Waals surface area contributed by atoms with Crippen LogP contribution in [0.2, 0.25) is 0 Å². The SMILES string of the molecule is CN=C(NCc1cccc(NC(=O)Cn2cccn2)c1)NCc1nnc2ccccn12. The van der Waals surface area contributed by atoms with Crippen molar-refractivity contribution in [3.8, 4) is 0 Å². The number of benzene rings is 1. The Hall–Kier alpha value is -4.21. The van der Waals surface area contributed by atoms with Gasteiger partial charge in [-0.3, -0.25) is 18.9 Å². The van der Waals surface area contributed by atoms with E-state index in [1.54, 1.807) is 30.2 Å². The van der Waals surface area contributed by atoms with Crippen molar-refractivity contribution in [3.05, 3.63) is 78.5 Å². The van der Waals surface area contributed by atoms with Gasteiger partial charge < -0.3 is 16.0 Å². The molecule has 10 heteroatoms. The van der Waals surface area contributed by atoms with Crippen molar-refractivity contribution < 1.29 is 4.79 Å². The molecule has 3 aromatic heterocycles. The maximum atomic E-state index is 12.2. The van der Waals surface area contributed by atoms with E-state index in [4.69, 9.17) is 0 Å². The second kappa shape index (κ2) is 9.53. The minimum Gasteiger partial charge on any atom is -0.352 e. The van der Waals surface area contributed by atoms with Crippen LogP contribution in [0.4, 0.5) is 5.69 Å². The molecule has 0 aliphatic heterocycles. The highest BCUT2D eigenvalue weighted by Gasteiger charge is 2.07. The van der Waals surface area contributed by atoms with Crippen LogP contribution in [-0.2, 0) is 24.4 Å². The molecular formula is C21H23N9O. The van der Waals surface area contributed by atoms with Crippen LogP contribution >= 0.6 is 0 Å². The Morgan fingerprint density at radius 1 is 1.03 bits per heavy atom. The van der Waals surface area contributed by atoms with Gasteiger partial charge >= 0.3 is 0 Å². The second-order valence-corrected chi connectivity index (χ2v) is 6.78. The lowest BCUT2D eigenvalue weighted by atomic mass is 10.2. The van der Waals surface area contributed by atoms with E-state index in [0.717, 1.165) is 22.7 Å². The Morgan fingerprint density at radius 3 is 2.77 bits per heavy atom. The van der Waals surface area contributed by atoms with E-state index >= 15 is 0 Å². The lowest BCUT2D eigenvalue weighted by Gasteiger charge is -2.12. The van der Waals surface area contributed by atoms with Crippen LogP contribution in [0.25, 0.3) is 5.65 Å². The van der Waals surface area contributed by atoms with Crippen molar-refractivity contribution in [3.63, 3.8) is 0 Å². The van der Waals surface area contributed by atoms with Gasteiger partial charge in [0, 0.05) is 37.9 Å². The second-order valence-electron chi connectivity index (χ2n) is 6.78. The molecule has 0 saturated heterocycles. The van der Waals surface area contributed by atoms with E-state index in [2.05, 4.69) is 36.2 Å². The number of guanidine groups is 1. The normalized spacial score (nSPS) is 11.5. The summed E-state index contributed by atoms with van der Waals surface area (Å²) in [5, 5.41) is 21.8. The fraction of sp³-hybridized carbons (Fsp3) is 0.190. The first-order chi connectivity index (χ1) is 15.2. The molecule has 0 aliphatic carbocycles. The summed E-state index contributed by atoms with van der Waals surface area (Å²) in [6.45, 7) is 1.20. The van der Waals surface area contributed by atoms with Crippen molar-refractivity contribution in [1.82, 2.24) is 35.0 Å². The molecule has 0 atom stereocenters. The van der Waals surface area contributed by atoms with Crippen molar-refractivity contribution in [2.75, 3.05) is 12.4 Å². The summed E-state index contributed by atoms with van der Waals surface area (Å²) in [4.78, 5) is 16.4. The number of aromatic nitrogens is 5. The topological polar surface area (TPSA) is 114 Å². The van der Waals surface area contributed by atoms with Gasteiger partial charge in [-0.2, -0.15) is 5.10 Å². The zero-order valence-electron chi connectivity index (χ0n) is 17.1. The molecule has 0 bridgehead atoms. The van der Waals surface area contributed by atoms with E-state index in [1.807, 2.05) is 53.1 Å². The standard InChI is InChI=1S/C21H23N9O/c1-22-21(24-14-19-28-27-18-8-2-3-11-30(18)19)23-13-16-6-4-7-17(12-16)26-20(31)15-29-10-5-9-25-29/h2-12H,13-15H2,1H3,(H,26,31)(H2,22,23,24). The van der Waals surface area contributed by atoms with E-state index in [0.29, 0.717) is 19.0 Å². The minimum absolute atomic E-state index is 0.133. The molecule has 0 radical (unpaired) electrons. The largest absolute Gasteiger partial charge is 0.352 e. The number of anilines is 1. The zero-order valence-corrected chi connectivity index (χ0v) is 17.1. The molecule has 0 unspecified atom stereocenters. The monoisotopic (exact) mass is 417 g/mol. The molecule has 3 heterocycles. The third kappa shape index (κ3) is 5.24. The number of pyridine rings is 1. The van der Waals surface area contributed by atoms with Crippen molar-refractivity contribution in [2.24, 2.45) is 4.99 Å². The van der Waals surface area contributed by atoms with Gasteiger partial charge in [0.2, 0.25) is 5.91 Å². The summed E-state index contributed by atoms with van der Waals surface area (Å²) >= 11 is 0. The molecule has 4 aromatic rings. The van der Waals surface area contributed by atoms with Gasteiger partial charge in [-0.05, 0) is 35.9 Å². The molecule has 158 valence electrons. The third-order valence-electron chi connectivity index (χ3n) is 4.56. The molecule has 3 N–H and O–H groups in total. The van der Waals surface area contributed by atoms with Gasteiger partial charge in [0.25, 0.3) is 0 Å². The van der Waals surface area contributed by atoms with Crippen molar-refractivity contribution in [2.45, 2.75) is 19.6 Å². The lowest BCUT2D eigenvalue weighted by molar-refractivity contribution is -0.116. The number of carbonyl (C=O) groups excluding carboxylic acids is 1. The third-order valence-corrected chi connectivity index (χ3v) is 4.56. The number of aliphatic imine (C=N–C) groups is 1. The van der Waals surface area contributed by atoms with Gasteiger partial charge in [-0.25, -0.2) is 0 Å². The van der Waals surface area contributed by atoms with Gasteiger partial charge in [0.15, 0.2) is 17.4 Å². The lowest BCUT2D eigenvalue weighted by Crippen LogP contribution is -2.36. The summed E-state index contributed by atoms with van der Waals surface area (Å²) in [7, 11) is 1.71.